The lowest BCUT2D eigenvalue weighted by atomic mass is 10.2. The fourth-order valence-corrected chi connectivity index (χ4v) is 3.06. The molecule has 0 spiro atoms. The molecule has 0 bridgehead atoms. The standard InChI is InChI=1S/C17H31F6NO9.C8H14O3/c1-24(2)3-4-28-9-14(27)10-29-5-6-30-11-15(18,19)32-17(22,23)33-16(20,21)12-31-8-13(26)7-25;1-2-4-9-8(3-1)11-6-7-5-10-7/h13-14,25-27H,3-12H2,1-2H3;7-8H,1-6H2. The molecule has 2 saturated heterocycles. The highest BCUT2D eigenvalue weighted by atomic mass is 19.3. The van der Waals surface area contributed by atoms with Crippen LogP contribution in [0.1, 0.15) is 19.3 Å². The Labute approximate surface area is 252 Å². The molecule has 0 amide bonds. The van der Waals surface area contributed by atoms with Crippen molar-refractivity contribution < 1.29 is 84.3 Å². The summed E-state index contributed by atoms with van der Waals surface area (Å²) in [6.07, 6.45) is -13.5. The van der Waals surface area contributed by atoms with Crippen LogP contribution in [0.4, 0.5) is 26.3 Å². The van der Waals surface area contributed by atoms with Gasteiger partial charge in [-0.15, -0.1) is 8.78 Å². The number of hydrogen-bond acceptors (Lipinski definition) is 13. The third-order valence-corrected chi connectivity index (χ3v) is 5.28. The van der Waals surface area contributed by atoms with Crippen molar-refractivity contribution >= 4 is 0 Å². The van der Waals surface area contributed by atoms with Crippen molar-refractivity contribution in [3.63, 3.8) is 0 Å². The summed E-state index contributed by atoms with van der Waals surface area (Å²) >= 11 is 0. The molecule has 0 radical (unpaired) electrons. The summed E-state index contributed by atoms with van der Waals surface area (Å²) in [5.41, 5.74) is 0. The van der Waals surface area contributed by atoms with Gasteiger partial charge < -0.3 is 53.4 Å². The smallest absolute Gasteiger partial charge is 0.394 e. The zero-order valence-electron chi connectivity index (χ0n) is 24.9. The number of nitrogens with zero attached hydrogens (tertiary/aromatic N) is 1. The number of alkyl halides is 6. The van der Waals surface area contributed by atoms with E-state index >= 15 is 0 Å². The molecule has 4 atom stereocenters. The molecule has 0 aliphatic carbocycles. The average Bonchev–Trinajstić information content (AvgIpc) is 3.76. The maximum absolute atomic E-state index is 13.4. The van der Waals surface area contributed by atoms with Crippen molar-refractivity contribution in [3.8, 4) is 0 Å². The minimum Gasteiger partial charge on any atom is -0.394 e. The third kappa shape index (κ3) is 23.4. The van der Waals surface area contributed by atoms with Crippen LogP contribution in [0.3, 0.4) is 0 Å². The minimum absolute atomic E-state index is 0.0205. The molecule has 2 aliphatic heterocycles. The Morgan fingerprint density at radius 1 is 0.795 bits per heavy atom. The topological polar surface area (TPSA) is 150 Å². The summed E-state index contributed by atoms with van der Waals surface area (Å²) in [4.78, 5) is 1.87. The van der Waals surface area contributed by atoms with E-state index in [-0.39, 0.29) is 26.1 Å². The largest absolute Gasteiger partial charge is 0.495 e. The van der Waals surface area contributed by atoms with E-state index in [0.29, 0.717) is 25.9 Å². The molecule has 2 rings (SSSR count). The number of rotatable bonds is 24. The van der Waals surface area contributed by atoms with E-state index in [1.807, 2.05) is 19.0 Å². The van der Waals surface area contributed by atoms with Crippen molar-refractivity contribution in [1.29, 1.82) is 0 Å². The number of aliphatic hydroxyl groups excluding tert-OH is 3. The average molecular weight is 666 g/mol. The van der Waals surface area contributed by atoms with Crippen molar-refractivity contribution in [2.75, 3.05) is 99.9 Å². The Balaban J connectivity index is 0.000000720. The van der Waals surface area contributed by atoms with E-state index in [1.165, 1.54) is 12.8 Å². The Morgan fingerprint density at radius 2 is 1.36 bits per heavy atom. The predicted molar refractivity (Wildman–Crippen MR) is 137 cm³/mol. The Kier molecular flexibility index (Phi) is 20.3. The SMILES string of the molecule is C1CCC(OCC2CO2)OC1.CN(C)CCOCC(O)COCCOCC(F)(F)OC(F)(F)OC(F)(F)COCC(O)CO. The molecule has 3 N–H and O–H groups in total. The monoisotopic (exact) mass is 665 g/mol. The summed E-state index contributed by atoms with van der Waals surface area (Å²) < 4.78 is 120. The summed E-state index contributed by atoms with van der Waals surface area (Å²) in [6.45, 7) is -2.78. The minimum atomic E-state index is -5.41. The van der Waals surface area contributed by atoms with Crippen LogP contribution in [-0.4, -0.2) is 163 Å². The maximum Gasteiger partial charge on any atom is 0.495 e. The molecular formula is C25H45F6NO12. The van der Waals surface area contributed by atoms with E-state index in [0.717, 1.165) is 19.6 Å². The van der Waals surface area contributed by atoms with Crippen LogP contribution in [0.2, 0.25) is 0 Å². The zero-order chi connectivity index (χ0) is 33.1. The lowest BCUT2D eigenvalue weighted by Crippen LogP contribution is -2.44. The normalized spacial score (nSPS) is 20.7. The molecule has 4 unspecified atom stereocenters. The number of likely N-dealkylation sites (N-methyl/N-ethyl adjacent to an activating group) is 1. The van der Waals surface area contributed by atoms with Gasteiger partial charge in [-0.1, -0.05) is 0 Å². The highest BCUT2D eigenvalue weighted by molar-refractivity contribution is 4.68. The second kappa shape index (κ2) is 21.8. The summed E-state index contributed by atoms with van der Waals surface area (Å²) in [5, 5.41) is 26.9. The first kappa shape index (κ1) is 41.1. The van der Waals surface area contributed by atoms with Gasteiger partial charge in [0.05, 0.1) is 59.5 Å². The van der Waals surface area contributed by atoms with Crippen LogP contribution in [0.25, 0.3) is 0 Å². The molecule has 0 aromatic carbocycles. The number of halogens is 6. The van der Waals surface area contributed by atoms with Gasteiger partial charge in [-0.3, -0.25) is 0 Å². The van der Waals surface area contributed by atoms with Gasteiger partial charge >= 0.3 is 18.5 Å². The van der Waals surface area contributed by atoms with E-state index in [4.69, 9.17) is 33.9 Å². The number of aliphatic hydroxyl groups is 3. The molecule has 2 fully saturated rings. The van der Waals surface area contributed by atoms with Crippen LogP contribution >= 0.6 is 0 Å². The first-order chi connectivity index (χ1) is 20.6. The Hall–Kier alpha value is -0.940. The Morgan fingerprint density at radius 3 is 1.91 bits per heavy atom. The summed E-state index contributed by atoms with van der Waals surface area (Å²) in [7, 11) is 3.68. The van der Waals surface area contributed by atoms with Crippen LogP contribution in [0, 0.1) is 0 Å². The van der Waals surface area contributed by atoms with E-state index in [9.17, 15) is 31.4 Å². The number of hydrogen-bond donors (Lipinski definition) is 3. The number of ether oxygens (including phenoxy) is 9. The van der Waals surface area contributed by atoms with Crippen molar-refractivity contribution in [2.24, 2.45) is 0 Å². The molecule has 264 valence electrons. The highest BCUT2D eigenvalue weighted by Crippen LogP contribution is 2.33. The van der Waals surface area contributed by atoms with Gasteiger partial charge in [0.1, 0.15) is 31.5 Å². The molecular weight excluding hydrogens is 620 g/mol. The molecule has 44 heavy (non-hydrogen) atoms. The van der Waals surface area contributed by atoms with Gasteiger partial charge in [0.25, 0.3) is 0 Å². The Bertz CT molecular complexity index is 721. The molecule has 19 heteroatoms. The second-order valence-corrected chi connectivity index (χ2v) is 10.0. The third-order valence-electron chi connectivity index (χ3n) is 5.28. The molecule has 0 saturated carbocycles. The zero-order valence-corrected chi connectivity index (χ0v) is 24.9. The molecule has 0 aromatic heterocycles. The lowest BCUT2D eigenvalue weighted by molar-refractivity contribution is -0.518. The van der Waals surface area contributed by atoms with Gasteiger partial charge in [-0.05, 0) is 33.4 Å². The first-order valence-electron chi connectivity index (χ1n) is 13.9. The molecule has 2 heterocycles. The lowest BCUT2D eigenvalue weighted by Gasteiger charge is -2.26. The molecule has 2 aliphatic rings. The maximum atomic E-state index is 13.4. The van der Waals surface area contributed by atoms with E-state index in [1.54, 1.807) is 0 Å². The van der Waals surface area contributed by atoms with Gasteiger partial charge in [0.2, 0.25) is 0 Å². The van der Waals surface area contributed by atoms with Gasteiger partial charge in [-0.25, -0.2) is 9.47 Å². The van der Waals surface area contributed by atoms with Crippen LogP contribution in [0.5, 0.6) is 0 Å². The fourth-order valence-electron chi connectivity index (χ4n) is 3.06. The van der Waals surface area contributed by atoms with Crippen LogP contribution in [0.15, 0.2) is 0 Å². The quantitative estimate of drug-likeness (QED) is 0.0584. The number of epoxide rings is 1. The summed E-state index contributed by atoms with van der Waals surface area (Å²) in [6, 6.07) is 0. The van der Waals surface area contributed by atoms with Crippen LogP contribution in [-0.2, 0) is 42.6 Å². The molecule has 13 nitrogen and oxygen atoms in total. The van der Waals surface area contributed by atoms with E-state index < -0.39 is 63.8 Å². The van der Waals surface area contributed by atoms with Crippen molar-refractivity contribution in [2.45, 2.75) is 62.4 Å². The van der Waals surface area contributed by atoms with E-state index in [2.05, 4.69) is 18.9 Å². The first-order valence-corrected chi connectivity index (χ1v) is 13.9. The van der Waals surface area contributed by atoms with Crippen LogP contribution < -0.4 is 0 Å². The highest BCUT2D eigenvalue weighted by Gasteiger charge is 2.52. The van der Waals surface area contributed by atoms with Gasteiger partial charge in [-0.2, -0.15) is 17.6 Å². The van der Waals surface area contributed by atoms with Crippen molar-refractivity contribution in [1.82, 2.24) is 4.90 Å². The second-order valence-electron chi connectivity index (χ2n) is 10.0. The molecule has 0 aromatic rings. The van der Waals surface area contributed by atoms with Gasteiger partial charge in [0.15, 0.2) is 6.29 Å². The predicted octanol–water partition coefficient (Wildman–Crippen LogP) is 1.03. The fraction of sp³-hybridized carbons (Fsp3) is 1.00. The van der Waals surface area contributed by atoms with Crippen molar-refractivity contribution in [3.05, 3.63) is 0 Å². The summed E-state index contributed by atoms with van der Waals surface area (Å²) in [5.74, 6) is 0. The van der Waals surface area contributed by atoms with Gasteiger partial charge in [0, 0.05) is 13.2 Å².